The maximum Gasteiger partial charge on any atom is 0.344 e. The van der Waals surface area contributed by atoms with Gasteiger partial charge in [-0.2, -0.15) is 9.99 Å². The van der Waals surface area contributed by atoms with Crippen molar-refractivity contribution in [2.45, 2.75) is 57.9 Å². The lowest BCUT2D eigenvalue weighted by molar-refractivity contribution is -0.138. The minimum Gasteiger partial charge on any atom is -0.339 e. The number of aromatic nitrogens is 2. The van der Waals surface area contributed by atoms with E-state index >= 15 is 0 Å². The van der Waals surface area contributed by atoms with Crippen LogP contribution in [0.4, 0.5) is 4.79 Å². The number of aryl methyl sites for hydroxylation is 3. The van der Waals surface area contributed by atoms with Gasteiger partial charge in [-0.3, -0.25) is 15.0 Å². The number of hydrazine groups is 1. The molecule has 1 unspecified atom stereocenters. The number of nitrogens with zero attached hydrogens (tertiary/aromatic N) is 3. The van der Waals surface area contributed by atoms with E-state index in [1.165, 1.54) is 0 Å². The Kier molecular flexibility index (Phi) is 6.26. The highest BCUT2D eigenvalue weighted by atomic mass is 16.5. The lowest BCUT2D eigenvalue weighted by atomic mass is 9.93. The van der Waals surface area contributed by atoms with Crippen molar-refractivity contribution in [3.05, 3.63) is 47.6 Å². The molecule has 1 aromatic carbocycles. The average Bonchev–Trinajstić information content (AvgIpc) is 3.26. The summed E-state index contributed by atoms with van der Waals surface area (Å²) in [7, 11) is 0. The Hall–Kier alpha value is -3.23. The van der Waals surface area contributed by atoms with Gasteiger partial charge in [-0.25, -0.2) is 4.79 Å². The molecule has 2 aromatic rings. The Balaban J connectivity index is 1.49. The van der Waals surface area contributed by atoms with Gasteiger partial charge < -0.3 is 9.84 Å². The van der Waals surface area contributed by atoms with Crippen molar-refractivity contribution in [2.24, 2.45) is 0 Å². The molecule has 1 aliphatic rings. The van der Waals surface area contributed by atoms with E-state index in [1.54, 1.807) is 6.92 Å². The third kappa shape index (κ3) is 4.98. The Morgan fingerprint density at radius 3 is 2.69 bits per heavy atom. The van der Waals surface area contributed by atoms with Gasteiger partial charge in [0.15, 0.2) is 5.82 Å². The molecule has 1 saturated heterocycles. The number of rotatable bonds is 9. The number of benzene rings is 1. The van der Waals surface area contributed by atoms with Crippen LogP contribution in [0.5, 0.6) is 0 Å². The van der Waals surface area contributed by atoms with Crippen LogP contribution < -0.4 is 10.7 Å². The van der Waals surface area contributed by atoms with Crippen LogP contribution in [0.25, 0.3) is 0 Å². The number of nitrogens with one attached hydrogen (secondary N) is 2. The predicted octanol–water partition coefficient (Wildman–Crippen LogP) is 1.93. The van der Waals surface area contributed by atoms with Crippen LogP contribution in [0.2, 0.25) is 0 Å². The topological polar surface area (TPSA) is 117 Å². The van der Waals surface area contributed by atoms with Crippen molar-refractivity contribution in [1.29, 1.82) is 0 Å². The first-order chi connectivity index (χ1) is 13.9. The fourth-order valence-electron chi connectivity index (χ4n) is 3.11. The number of hydrogen-bond donors (Lipinski definition) is 2. The number of imide groups is 1. The van der Waals surface area contributed by atoms with Crippen LogP contribution in [-0.2, 0) is 28.9 Å². The van der Waals surface area contributed by atoms with Crippen LogP contribution in [-0.4, -0.2) is 38.5 Å². The number of amides is 4. The zero-order valence-electron chi connectivity index (χ0n) is 16.6. The van der Waals surface area contributed by atoms with Gasteiger partial charge in [0.2, 0.25) is 11.8 Å². The zero-order chi connectivity index (χ0) is 20.9. The summed E-state index contributed by atoms with van der Waals surface area (Å²) in [5, 5.41) is 7.26. The van der Waals surface area contributed by atoms with Crippen LogP contribution >= 0.6 is 0 Å². The monoisotopic (exact) mass is 399 g/mol. The third-order valence-corrected chi connectivity index (χ3v) is 4.87. The Morgan fingerprint density at radius 1 is 1.24 bits per heavy atom. The van der Waals surface area contributed by atoms with Gasteiger partial charge in [0.1, 0.15) is 5.54 Å². The second-order valence-electron chi connectivity index (χ2n) is 7.23. The highest BCUT2D eigenvalue weighted by Crippen LogP contribution is 2.22. The molecular weight excluding hydrogens is 374 g/mol. The van der Waals surface area contributed by atoms with E-state index in [0.29, 0.717) is 43.8 Å². The molecule has 9 heteroatoms. The quantitative estimate of drug-likeness (QED) is 0.622. The molecule has 1 atom stereocenters. The highest BCUT2D eigenvalue weighted by Gasteiger charge is 2.48. The lowest BCUT2D eigenvalue weighted by Gasteiger charge is -2.21. The van der Waals surface area contributed by atoms with E-state index in [4.69, 9.17) is 4.52 Å². The third-order valence-electron chi connectivity index (χ3n) is 4.87. The van der Waals surface area contributed by atoms with Gasteiger partial charge in [-0.05, 0) is 31.7 Å². The largest absolute Gasteiger partial charge is 0.344 e. The first-order valence-electron chi connectivity index (χ1n) is 9.73. The minimum absolute atomic E-state index is 0.127. The second kappa shape index (κ2) is 8.85. The summed E-state index contributed by atoms with van der Waals surface area (Å²) in [5.41, 5.74) is 2.42. The highest BCUT2D eigenvalue weighted by molar-refractivity contribution is 6.07. The maximum atomic E-state index is 12.7. The normalized spacial score (nSPS) is 18.8. The van der Waals surface area contributed by atoms with Crippen LogP contribution in [0.1, 0.15) is 50.4 Å². The molecule has 0 bridgehead atoms. The molecule has 1 aromatic heterocycles. The summed E-state index contributed by atoms with van der Waals surface area (Å²) < 4.78 is 5.07. The molecular formula is C20H25N5O4. The molecule has 0 aliphatic carbocycles. The fourth-order valence-corrected chi connectivity index (χ4v) is 3.11. The van der Waals surface area contributed by atoms with Crippen molar-refractivity contribution in [2.75, 3.05) is 0 Å². The Labute approximate surface area is 168 Å². The molecule has 0 radical (unpaired) electrons. The van der Waals surface area contributed by atoms with Crippen molar-refractivity contribution >= 4 is 17.8 Å². The lowest BCUT2D eigenvalue weighted by Crippen LogP contribution is -2.48. The SMILES string of the molecule is CCc1noc(CCCC(=O)NN2C(=O)NC(C)(CCc3ccccc3)C2=O)n1. The average molecular weight is 399 g/mol. The number of hydrogen-bond acceptors (Lipinski definition) is 6. The molecule has 0 saturated carbocycles. The Morgan fingerprint density at radius 2 is 2.00 bits per heavy atom. The maximum absolute atomic E-state index is 12.7. The summed E-state index contributed by atoms with van der Waals surface area (Å²) in [5.74, 6) is 0.212. The van der Waals surface area contributed by atoms with Crippen LogP contribution in [0, 0.1) is 0 Å². The van der Waals surface area contributed by atoms with Gasteiger partial charge in [0, 0.05) is 19.3 Å². The molecule has 9 nitrogen and oxygen atoms in total. The molecule has 29 heavy (non-hydrogen) atoms. The van der Waals surface area contributed by atoms with E-state index in [-0.39, 0.29) is 6.42 Å². The molecule has 2 N–H and O–H groups in total. The number of urea groups is 1. The minimum atomic E-state index is -1.06. The van der Waals surface area contributed by atoms with Crippen molar-refractivity contribution in [3.8, 4) is 0 Å². The summed E-state index contributed by atoms with van der Waals surface area (Å²) in [6, 6.07) is 9.09. The van der Waals surface area contributed by atoms with Crippen LogP contribution in [0.3, 0.4) is 0 Å². The standard InChI is InChI=1S/C20H25N5O4/c1-3-15-21-17(29-24-15)11-7-10-16(26)23-25-18(27)20(2,22-19(25)28)13-12-14-8-5-4-6-9-14/h4-6,8-9H,3,7,10-13H2,1-2H3,(H,22,28)(H,23,26). The first-order valence-corrected chi connectivity index (χ1v) is 9.73. The van der Waals surface area contributed by atoms with E-state index in [0.717, 1.165) is 10.6 Å². The van der Waals surface area contributed by atoms with E-state index < -0.39 is 23.4 Å². The van der Waals surface area contributed by atoms with Crippen molar-refractivity contribution < 1.29 is 18.9 Å². The van der Waals surface area contributed by atoms with Gasteiger partial charge in [-0.15, -0.1) is 0 Å². The van der Waals surface area contributed by atoms with Gasteiger partial charge in [-0.1, -0.05) is 42.4 Å². The zero-order valence-corrected chi connectivity index (χ0v) is 16.6. The second-order valence-corrected chi connectivity index (χ2v) is 7.23. The van der Waals surface area contributed by atoms with Gasteiger partial charge in [0.05, 0.1) is 0 Å². The first kappa shape index (κ1) is 20.5. The Bertz CT molecular complexity index is 882. The van der Waals surface area contributed by atoms with Gasteiger partial charge in [0.25, 0.3) is 5.91 Å². The van der Waals surface area contributed by atoms with Crippen LogP contribution in [0.15, 0.2) is 34.9 Å². The molecule has 2 heterocycles. The van der Waals surface area contributed by atoms with Gasteiger partial charge >= 0.3 is 6.03 Å². The summed E-state index contributed by atoms with van der Waals surface area (Å²) >= 11 is 0. The molecule has 4 amide bonds. The van der Waals surface area contributed by atoms with E-state index in [1.807, 2.05) is 37.3 Å². The molecule has 1 fully saturated rings. The van der Waals surface area contributed by atoms with Crippen molar-refractivity contribution in [3.63, 3.8) is 0 Å². The van der Waals surface area contributed by atoms with Crippen molar-refractivity contribution in [1.82, 2.24) is 25.9 Å². The number of carbonyl (C=O) groups excluding carboxylic acids is 3. The fraction of sp³-hybridized carbons (Fsp3) is 0.450. The van der Waals surface area contributed by atoms with E-state index in [9.17, 15) is 14.4 Å². The summed E-state index contributed by atoms with van der Waals surface area (Å²) in [6.45, 7) is 3.59. The number of carbonyl (C=O) groups is 3. The summed E-state index contributed by atoms with van der Waals surface area (Å²) in [6.07, 6.45) is 2.79. The molecule has 3 rings (SSSR count). The molecule has 154 valence electrons. The predicted molar refractivity (Wildman–Crippen MR) is 103 cm³/mol. The van der Waals surface area contributed by atoms with E-state index in [2.05, 4.69) is 20.9 Å². The summed E-state index contributed by atoms with van der Waals surface area (Å²) in [4.78, 5) is 41.3. The smallest absolute Gasteiger partial charge is 0.339 e. The molecule has 0 spiro atoms. The molecule has 1 aliphatic heterocycles.